The van der Waals surface area contributed by atoms with Crippen molar-refractivity contribution in [1.29, 1.82) is 0 Å². The minimum absolute atomic E-state index is 0.0950. The number of hydrogen-bond acceptors (Lipinski definition) is 7. The quantitative estimate of drug-likeness (QED) is 0.658. The van der Waals surface area contributed by atoms with Crippen LogP contribution in [0.1, 0.15) is 20.8 Å². The second-order valence-electron chi connectivity index (χ2n) is 8.04. The molecule has 1 unspecified atom stereocenters. The Kier molecular flexibility index (Phi) is 5.12. The van der Waals surface area contributed by atoms with Crippen molar-refractivity contribution in [1.82, 2.24) is 14.5 Å². The largest absolute Gasteiger partial charge is 0.484 e. The standard InChI is InChI=1S/C21H24N4O5S/c1-11(2)17-10-29-21-16(30-17)7-19(31(5,27)28)24-20(21)14-9-25(4)15-8-22-18(6-13(14)15)23-12(3)26/h6-9,11,17H,10H2,1-5H3,(H,22,23,26). The molecule has 31 heavy (non-hydrogen) atoms. The molecule has 10 heteroatoms. The first-order valence-corrected chi connectivity index (χ1v) is 11.7. The van der Waals surface area contributed by atoms with Crippen LogP contribution in [-0.2, 0) is 21.7 Å². The zero-order valence-electron chi connectivity index (χ0n) is 18.0. The predicted molar refractivity (Wildman–Crippen MR) is 116 cm³/mol. The number of amides is 1. The van der Waals surface area contributed by atoms with Crippen molar-refractivity contribution in [3.05, 3.63) is 24.5 Å². The van der Waals surface area contributed by atoms with Crippen molar-refractivity contribution in [2.45, 2.75) is 31.9 Å². The first-order chi connectivity index (χ1) is 14.5. The number of aryl methyl sites for hydroxylation is 1. The normalized spacial score (nSPS) is 16.0. The molecule has 0 fully saturated rings. The van der Waals surface area contributed by atoms with E-state index in [1.807, 2.05) is 31.7 Å². The Labute approximate surface area is 180 Å². The van der Waals surface area contributed by atoms with E-state index in [-0.39, 0.29) is 23.0 Å². The molecule has 1 atom stereocenters. The third kappa shape index (κ3) is 3.95. The van der Waals surface area contributed by atoms with Gasteiger partial charge in [0.25, 0.3) is 0 Å². The Morgan fingerprint density at radius 3 is 2.71 bits per heavy atom. The van der Waals surface area contributed by atoms with Gasteiger partial charge in [0, 0.05) is 43.4 Å². The Hall–Kier alpha value is -3.14. The van der Waals surface area contributed by atoms with Gasteiger partial charge < -0.3 is 19.4 Å². The summed E-state index contributed by atoms with van der Waals surface area (Å²) in [6.45, 7) is 5.77. The number of carbonyl (C=O) groups excluding carboxylic acids is 1. The molecular formula is C21H24N4O5S. The zero-order valence-corrected chi connectivity index (χ0v) is 18.8. The Balaban J connectivity index is 1.96. The summed E-state index contributed by atoms with van der Waals surface area (Å²) < 4.78 is 38.6. The molecule has 1 N–H and O–H groups in total. The molecule has 4 heterocycles. The molecule has 1 aliphatic rings. The van der Waals surface area contributed by atoms with Crippen LogP contribution in [0, 0.1) is 5.92 Å². The fourth-order valence-corrected chi connectivity index (χ4v) is 4.07. The molecule has 4 rings (SSSR count). The van der Waals surface area contributed by atoms with Crippen LogP contribution in [0.3, 0.4) is 0 Å². The summed E-state index contributed by atoms with van der Waals surface area (Å²) in [6.07, 6.45) is 4.38. The number of fused-ring (bicyclic) bond motifs is 2. The minimum atomic E-state index is -3.60. The molecule has 0 bridgehead atoms. The molecule has 9 nitrogen and oxygen atoms in total. The molecule has 0 saturated heterocycles. The number of sulfone groups is 1. The molecule has 0 aromatic carbocycles. The fraction of sp³-hybridized carbons (Fsp3) is 0.381. The fourth-order valence-electron chi connectivity index (χ4n) is 3.49. The van der Waals surface area contributed by atoms with Gasteiger partial charge in [-0.25, -0.2) is 18.4 Å². The molecule has 164 valence electrons. The summed E-state index contributed by atoms with van der Waals surface area (Å²) in [5.41, 5.74) is 1.81. The molecule has 0 saturated carbocycles. The smallest absolute Gasteiger partial charge is 0.222 e. The van der Waals surface area contributed by atoms with E-state index in [1.165, 1.54) is 13.0 Å². The third-order valence-electron chi connectivity index (χ3n) is 5.14. The van der Waals surface area contributed by atoms with Gasteiger partial charge in [0.05, 0.1) is 11.7 Å². The van der Waals surface area contributed by atoms with E-state index in [0.717, 1.165) is 17.2 Å². The molecule has 0 spiro atoms. The minimum Gasteiger partial charge on any atom is -0.484 e. The number of pyridine rings is 2. The van der Waals surface area contributed by atoms with Gasteiger partial charge in [0.2, 0.25) is 5.91 Å². The highest BCUT2D eigenvalue weighted by Crippen LogP contribution is 2.44. The van der Waals surface area contributed by atoms with Gasteiger partial charge in [0.15, 0.2) is 26.4 Å². The summed E-state index contributed by atoms with van der Waals surface area (Å²) in [6, 6.07) is 3.14. The summed E-state index contributed by atoms with van der Waals surface area (Å²) >= 11 is 0. The van der Waals surface area contributed by atoms with E-state index >= 15 is 0 Å². The van der Waals surface area contributed by atoms with Crippen molar-refractivity contribution in [2.75, 3.05) is 18.2 Å². The number of nitrogens with one attached hydrogen (secondary N) is 1. The lowest BCUT2D eigenvalue weighted by Crippen LogP contribution is -2.34. The lowest BCUT2D eigenvalue weighted by molar-refractivity contribution is -0.114. The van der Waals surface area contributed by atoms with Gasteiger partial charge in [-0.1, -0.05) is 13.8 Å². The summed E-state index contributed by atoms with van der Waals surface area (Å²) in [7, 11) is -1.75. The van der Waals surface area contributed by atoms with E-state index in [1.54, 1.807) is 12.3 Å². The Morgan fingerprint density at radius 2 is 2.06 bits per heavy atom. The molecule has 1 amide bonds. The summed E-state index contributed by atoms with van der Waals surface area (Å²) in [4.78, 5) is 20.2. The lowest BCUT2D eigenvalue weighted by atomic mass is 10.1. The van der Waals surface area contributed by atoms with E-state index in [2.05, 4.69) is 15.3 Å². The average molecular weight is 445 g/mol. The number of hydrogen-bond donors (Lipinski definition) is 1. The Morgan fingerprint density at radius 1 is 1.32 bits per heavy atom. The van der Waals surface area contributed by atoms with Gasteiger partial charge in [-0.15, -0.1) is 0 Å². The molecule has 3 aromatic rings. The number of carbonyl (C=O) groups is 1. The second kappa shape index (κ2) is 7.52. The van der Waals surface area contributed by atoms with E-state index in [4.69, 9.17) is 9.47 Å². The SMILES string of the molecule is CC(=O)Nc1cc2c(-c3nc(S(C)(=O)=O)cc4c3OCC(C(C)C)O4)cn(C)c2cn1. The zero-order chi connectivity index (χ0) is 22.5. The molecular weight excluding hydrogens is 420 g/mol. The van der Waals surface area contributed by atoms with Crippen LogP contribution in [0.25, 0.3) is 22.2 Å². The van der Waals surface area contributed by atoms with Crippen LogP contribution in [-0.4, -0.2) is 47.8 Å². The highest BCUT2D eigenvalue weighted by atomic mass is 32.2. The van der Waals surface area contributed by atoms with Gasteiger partial charge >= 0.3 is 0 Å². The van der Waals surface area contributed by atoms with Crippen LogP contribution in [0.4, 0.5) is 5.82 Å². The summed E-state index contributed by atoms with van der Waals surface area (Å²) in [5.74, 6) is 1.08. The number of aromatic nitrogens is 3. The van der Waals surface area contributed by atoms with Crippen molar-refractivity contribution in [2.24, 2.45) is 13.0 Å². The molecule has 1 aliphatic heterocycles. The van der Waals surface area contributed by atoms with Gasteiger partial charge in [-0.05, 0) is 12.0 Å². The third-order valence-corrected chi connectivity index (χ3v) is 6.11. The lowest BCUT2D eigenvalue weighted by Gasteiger charge is -2.30. The molecule has 0 radical (unpaired) electrons. The van der Waals surface area contributed by atoms with Crippen LogP contribution in [0.2, 0.25) is 0 Å². The summed E-state index contributed by atoms with van der Waals surface area (Å²) in [5, 5.41) is 3.32. The van der Waals surface area contributed by atoms with Crippen LogP contribution in [0.5, 0.6) is 11.5 Å². The maximum Gasteiger partial charge on any atom is 0.222 e. The van der Waals surface area contributed by atoms with Crippen molar-refractivity contribution < 1.29 is 22.7 Å². The number of anilines is 1. The highest BCUT2D eigenvalue weighted by molar-refractivity contribution is 7.90. The topological polar surface area (TPSA) is 112 Å². The Bertz CT molecular complexity index is 1300. The number of nitrogens with zero attached hydrogens (tertiary/aromatic N) is 3. The van der Waals surface area contributed by atoms with E-state index in [9.17, 15) is 13.2 Å². The van der Waals surface area contributed by atoms with Crippen LogP contribution in [0.15, 0.2) is 29.6 Å². The number of ether oxygens (including phenoxy) is 2. The van der Waals surface area contributed by atoms with Gasteiger partial charge in [0.1, 0.15) is 24.2 Å². The molecule has 3 aromatic heterocycles. The van der Waals surface area contributed by atoms with Crippen LogP contribution < -0.4 is 14.8 Å². The van der Waals surface area contributed by atoms with Crippen molar-refractivity contribution in [3.8, 4) is 22.8 Å². The van der Waals surface area contributed by atoms with Crippen LogP contribution >= 0.6 is 0 Å². The second-order valence-corrected chi connectivity index (χ2v) is 10.0. The maximum absolute atomic E-state index is 12.3. The van der Waals surface area contributed by atoms with Gasteiger partial charge in [-0.2, -0.15) is 0 Å². The number of rotatable bonds is 4. The van der Waals surface area contributed by atoms with E-state index < -0.39 is 9.84 Å². The van der Waals surface area contributed by atoms with E-state index in [0.29, 0.717) is 35.2 Å². The van der Waals surface area contributed by atoms with Crippen molar-refractivity contribution >= 4 is 32.5 Å². The van der Waals surface area contributed by atoms with Gasteiger partial charge in [-0.3, -0.25) is 4.79 Å². The first kappa shape index (κ1) is 21.1. The maximum atomic E-state index is 12.3. The molecule has 0 aliphatic carbocycles. The van der Waals surface area contributed by atoms with Crippen molar-refractivity contribution in [3.63, 3.8) is 0 Å². The predicted octanol–water partition coefficient (Wildman–Crippen LogP) is 2.79. The first-order valence-electron chi connectivity index (χ1n) is 9.82. The average Bonchev–Trinajstić information content (AvgIpc) is 3.01. The highest BCUT2D eigenvalue weighted by Gasteiger charge is 2.30. The monoisotopic (exact) mass is 444 g/mol.